The molecule has 1 aromatic carbocycles. The molecule has 0 atom stereocenters. The number of aryl methyl sites for hydroxylation is 2. The van der Waals surface area contributed by atoms with Gasteiger partial charge in [0.2, 0.25) is 11.1 Å². The van der Waals surface area contributed by atoms with Crippen molar-refractivity contribution in [3.8, 4) is 0 Å². The van der Waals surface area contributed by atoms with E-state index in [1.54, 1.807) is 15.5 Å². The number of aromatic nitrogens is 7. The summed E-state index contributed by atoms with van der Waals surface area (Å²) >= 11 is 1.46. The van der Waals surface area contributed by atoms with Crippen molar-refractivity contribution >= 4 is 29.1 Å². The maximum absolute atomic E-state index is 12.7. The topological polar surface area (TPSA) is 103 Å². The summed E-state index contributed by atoms with van der Waals surface area (Å²) < 4.78 is 3.43. The summed E-state index contributed by atoms with van der Waals surface area (Å²) in [6.45, 7) is 4.41. The number of nitrogens with zero attached hydrogens (tertiary/aromatic N) is 7. The minimum Gasteiger partial charge on any atom is -0.326 e. The van der Waals surface area contributed by atoms with E-state index in [9.17, 15) is 4.79 Å². The number of benzene rings is 1. The van der Waals surface area contributed by atoms with Crippen LogP contribution in [-0.2, 0) is 17.8 Å². The number of anilines is 1. The van der Waals surface area contributed by atoms with Crippen molar-refractivity contribution < 1.29 is 4.79 Å². The van der Waals surface area contributed by atoms with Crippen molar-refractivity contribution in [1.82, 2.24) is 34.3 Å². The number of carbonyl (C=O) groups excluding carboxylic acids is 1. The molecule has 10 heteroatoms. The van der Waals surface area contributed by atoms with E-state index in [-0.39, 0.29) is 12.3 Å². The Kier molecular flexibility index (Phi) is 5.26. The lowest BCUT2D eigenvalue weighted by Crippen LogP contribution is -2.18. The first-order valence-corrected chi connectivity index (χ1v) is 10.2. The lowest BCUT2D eigenvalue weighted by molar-refractivity contribution is -0.115. The first-order chi connectivity index (χ1) is 14.0. The second kappa shape index (κ2) is 8.00. The van der Waals surface area contributed by atoms with E-state index in [1.807, 2.05) is 44.4 Å². The monoisotopic (exact) mass is 408 g/mol. The number of nitrogens with one attached hydrogen (secondary N) is 1. The molecule has 0 spiro atoms. The molecule has 9 nitrogen and oxygen atoms in total. The molecule has 0 aliphatic rings. The Bertz CT molecular complexity index is 1170. The minimum absolute atomic E-state index is 0.111. The molecule has 3 heterocycles. The fourth-order valence-corrected chi connectivity index (χ4v) is 3.48. The van der Waals surface area contributed by atoms with E-state index in [1.165, 1.54) is 18.1 Å². The van der Waals surface area contributed by atoms with Gasteiger partial charge in [0, 0.05) is 22.6 Å². The largest absolute Gasteiger partial charge is 0.326 e. The molecule has 0 aliphatic carbocycles. The first-order valence-electron chi connectivity index (χ1n) is 9.01. The molecular formula is C19H20N8OS. The minimum atomic E-state index is -0.111. The molecule has 0 unspecified atom stereocenters. The lowest BCUT2D eigenvalue weighted by Gasteiger charge is -2.11. The molecule has 0 saturated heterocycles. The van der Waals surface area contributed by atoms with Gasteiger partial charge in [0.25, 0.3) is 5.78 Å². The highest BCUT2D eigenvalue weighted by atomic mass is 32.2. The summed E-state index contributed by atoms with van der Waals surface area (Å²) in [7, 11) is 0. The molecular weight excluding hydrogens is 388 g/mol. The Morgan fingerprint density at radius 1 is 1.24 bits per heavy atom. The predicted octanol–water partition coefficient (Wildman–Crippen LogP) is 2.28. The van der Waals surface area contributed by atoms with Crippen molar-refractivity contribution in [1.29, 1.82) is 0 Å². The zero-order valence-electron chi connectivity index (χ0n) is 16.3. The molecule has 1 amide bonds. The van der Waals surface area contributed by atoms with Crippen LogP contribution in [-0.4, -0.2) is 46.5 Å². The van der Waals surface area contributed by atoms with Crippen LogP contribution in [0, 0.1) is 13.8 Å². The molecule has 0 bridgehead atoms. The summed E-state index contributed by atoms with van der Waals surface area (Å²) in [6, 6.07) is 7.69. The fourth-order valence-electron chi connectivity index (χ4n) is 3.15. The molecule has 0 aliphatic heterocycles. The van der Waals surface area contributed by atoms with E-state index in [2.05, 4.69) is 30.5 Å². The number of amides is 1. The maximum Gasteiger partial charge on any atom is 0.253 e. The Hall–Kier alpha value is -3.27. The van der Waals surface area contributed by atoms with E-state index in [4.69, 9.17) is 0 Å². The van der Waals surface area contributed by atoms with Gasteiger partial charge in [-0.15, -0.1) is 5.10 Å². The molecule has 4 aromatic rings. The normalized spacial score (nSPS) is 11.1. The predicted molar refractivity (Wildman–Crippen MR) is 110 cm³/mol. The van der Waals surface area contributed by atoms with Gasteiger partial charge in [0.15, 0.2) is 0 Å². The highest BCUT2D eigenvalue weighted by molar-refractivity contribution is 7.98. The van der Waals surface area contributed by atoms with Crippen LogP contribution in [0.5, 0.6) is 0 Å². The fraction of sp³-hybridized carbons (Fsp3) is 0.263. The van der Waals surface area contributed by atoms with Crippen LogP contribution in [0.3, 0.4) is 0 Å². The zero-order chi connectivity index (χ0) is 20.4. The van der Waals surface area contributed by atoms with Gasteiger partial charge in [-0.3, -0.25) is 4.79 Å². The van der Waals surface area contributed by atoms with Crippen LogP contribution in [0.4, 0.5) is 5.69 Å². The van der Waals surface area contributed by atoms with Crippen molar-refractivity contribution in [3.05, 3.63) is 59.4 Å². The van der Waals surface area contributed by atoms with Crippen LogP contribution < -0.4 is 5.32 Å². The number of hydrogen-bond donors (Lipinski definition) is 1. The average Bonchev–Trinajstić information content (AvgIpc) is 3.35. The number of thioether (sulfide) groups is 1. The van der Waals surface area contributed by atoms with Crippen molar-refractivity contribution in [2.75, 3.05) is 11.6 Å². The first kappa shape index (κ1) is 19.1. The van der Waals surface area contributed by atoms with Gasteiger partial charge in [-0.2, -0.15) is 10.1 Å². The summed E-state index contributed by atoms with van der Waals surface area (Å²) in [5.41, 5.74) is 4.27. The molecule has 29 heavy (non-hydrogen) atoms. The molecule has 1 N–H and O–H groups in total. The van der Waals surface area contributed by atoms with Crippen LogP contribution >= 0.6 is 11.8 Å². The summed E-state index contributed by atoms with van der Waals surface area (Å²) in [4.78, 5) is 25.5. The van der Waals surface area contributed by atoms with Gasteiger partial charge in [-0.1, -0.05) is 23.9 Å². The van der Waals surface area contributed by atoms with Crippen LogP contribution in [0.1, 0.15) is 22.5 Å². The maximum atomic E-state index is 12.7. The molecule has 0 saturated carbocycles. The summed E-state index contributed by atoms with van der Waals surface area (Å²) in [5, 5.41) is 12.2. The lowest BCUT2D eigenvalue weighted by atomic mass is 10.1. The van der Waals surface area contributed by atoms with Gasteiger partial charge in [-0.25, -0.2) is 19.2 Å². The van der Waals surface area contributed by atoms with E-state index < -0.39 is 0 Å². The van der Waals surface area contributed by atoms with Crippen molar-refractivity contribution in [3.63, 3.8) is 0 Å². The molecule has 0 fully saturated rings. The zero-order valence-corrected chi connectivity index (χ0v) is 17.1. The standard InChI is InChI=1S/C19H20N8OS/c1-12-16(13(2)27-18(22-12)24-19(25-27)29-3)8-17(28)23-15-6-4-5-14(7-15)9-26-11-20-10-21-26/h4-7,10-11H,8-9H2,1-3H3,(H,23,28). The molecule has 3 aromatic heterocycles. The Morgan fingerprint density at radius 3 is 2.86 bits per heavy atom. The highest BCUT2D eigenvalue weighted by Crippen LogP contribution is 2.18. The van der Waals surface area contributed by atoms with E-state index in [0.717, 1.165) is 28.2 Å². The van der Waals surface area contributed by atoms with Gasteiger partial charge in [0.05, 0.1) is 13.0 Å². The Morgan fingerprint density at radius 2 is 2.10 bits per heavy atom. The second-order valence-electron chi connectivity index (χ2n) is 6.59. The van der Waals surface area contributed by atoms with Gasteiger partial charge >= 0.3 is 0 Å². The summed E-state index contributed by atoms with van der Waals surface area (Å²) in [6.07, 6.45) is 5.29. The third-order valence-electron chi connectivity index (χ3n) is 4.57. The molecule has 4 rings (SSSR count). The number of rotatable bonds is 6. The third-order valence-corrected chi connectivity index (χ3v) is 5.11. The van der Waals surface area contributed by atoms with Gasteiger partial charge in [0.1, 0.15) is 12.7 Å². The highest BCUT2D eigenvalue weighted by Gasteiger charge is 2.16. The Balaban J connectivity index is 1.51. The van der Waals surface area contributed by atoms with Gasteiger partial charge in [-0.05, 0) is 37.8 Å². The van der Waals surface area contributed by atoms with Gasteiger partial charge < -0.3 is 5.32 Å². The smallest absolute Gasteiger partial charge is 0.253 e. The SMILES string of the molecule is CSc1nc2nc(C)c(CC(=O)Nc3cccc(Cn4cncn4)c3)c(C)n2n1. The number of carbonyl (C=O) groups is 1. The molecule has 148 valence electrons. The quantitative estimate of drug-likeness (QED) is 0.488. The summed E-state index contributed by atoms with van der Waals surface area (Å²) in [5.74, 6) is 0.440. The van der Waals surface area contributed by atoms with E-state index in [0.29, 0.717) is 17.5 Å². The molecule has 0 radical (unpaired) electrons. The Labute approximate surface area is 171 Å². The third kappa shape index (κ3) is 4.11. The van der Waals surface area contributed by atoms with E-state index >= 15 is 0 Å². The number of fused-ring (bicyclic) bond motifs is 1. The van der Waals surface area contributed by atoms with Crippen molar-refractivity contribution in [2.45, 2.75) is 32.0 Å². The number of hydrogen-bond acceptors (Lipinski definition) is 7. The average molecular weight is 408 g/mol. The second-order valence-corrected chi connectivity index (χ2v) is 7.36. The van der Waals surface area contributed by atoms with Crippen LogP contribution in [0.15, 0.2) is 42.1 Å². The van der Waals surface area contributed by atoms with Crippen LogP contribution in [0.2, 0.25) is 0 Å². The van der Waals surface area contributed by atoms with Crippen molar-refractivity contribution in [2.24, 2.45) is 0 Å². The van der Waals surface area contributed by atoms with Crippen LogP contribution in [0.25, 0.3) is 5.78 Å².